The van der Waals surface area contributed by atoms with Crippen LogP contribution in [0.15, 0.2) is 104 Å². The quantitative estimate of drug-likeness (QED) is 0.0368. The number of rotatable bonds is 25. The van der Waals surface area contributed by atoms with Crippen LogP contribution in [-0.2, 0) is 68.8 Å². The van der Waals surface area contributed by atoms with E-state index in [4.69, 9.17) is 18.9 Å². The molecule has 0 aliphatic heterocycles. The predicted molar refractivity (Wildman–Crippen MR) is 298 cm³/mol. The standard InChI is InChI=1S/C50H54Br2N6O14S2.2H2S/c1-29-33(25-71-45-41(51)15-35(19-55-49(3,27-59)47(61)62)43(57-45)69-23-31-13-37(21-53-17-31)73(5,65)66)9-7-11-39(29)40-12-8-10-34(30(40)2)26-72-46-42(52)16-36(20-56-50(4,28-60)48(63)64)44(58-46)70-24-32-14-38(22-54-18-32)74(6,67)68;;/h7-18,21-22,55-56,59-60H,19-20,23-28H2,1-6H3,(H,61,62)(H,63,64);2*1H2/t49-,50-;;/m0../s1. The lowest BCUT2D eigenvalue weighted by atomic mass is 9.92. The minimum Gasteiger partial charge on any atom is -0.480 e. The number of nitrogens with one attached hydrogen (secondary N) is 2. The van der Waals surface area contributed by atoms with Crippen molar-refractivity contribution in [2.75, 3.05) is 25.7 Å². The zero-order valence-electron chi connectivity index (χ0n) is 42.0. The molecule has 2 aromatic carbocycles. The van der Waals surface area contributed by atoms with Crippen LogP contribution in [0.4, 0.5) is 0 Å². The summed E-state index contributed by atoms with van der Waals surface area (Å²) in [6, 6.07) is 17.8. The first-order chi connectivity index (χ1) is 34.8. The highest BCUT2D eigenvalue weighted by Gasteiger charge is 2.33. The van der Waals surface area contributed by atoms with Crippen molar-refractivity contribution < 1.29 is 65.8 Å². The molecule has 6 aromatic rings. The summed E-state index contributed by atoms with van der Waals surface area (Å²) in [5.41, 5.74) is 3.61. The van der Waals surface area contributed by atoms with Crippen LogP contribution in [0.25, 0.3) is 11.1 Å². The number of pyridine rings is 4. The van der Waals surface area contributed by atoms with Gasteiger partial charge in [-0.05, 0) is 117 Å². The number of hydrogen-bond donors (Lipinski definition) is 6. The second-order valence-corrected chi connectivity index (χ2v) is 23.5. The molecule has 26 heteroatoms. The number of carboxylic acid groups (broad SMARTS) is 2. The van der Waals surface area contributed by atoms with E-state index in [1.54, 1.807) is 12.1 Å². The smallest absolute Gasteiger partial charge is 0.326 e. The van der Waals surface area contributed by atoms with Gasteiger partial charge in [0, 0.05) is 72.6 Å². The number of halogens is 2. The van der Waals surface area contributed by atoms with E-state index < -0.39 is 55.9 Å². The molecule has 6 N–H and O–H groups in total. The van der Waals surface area contributed by atoms with Gasteiger partial charge < -0.3 is 39.4 Å². The van der Waals surface area contributed by atoms with Crippen LogP contribution in [0.5, 0.6) is 23.5 Å². The molecule has 2 atom stereocenters. The van der Waals surface area contributed by atoms with Gasteiger partial charge in [0.25, 0.3) is 0 Å². The van der Waals surface area contributed by atoms with Gasteiger partial charge >= 0.3 is 11.9 Å². The highest BCUT2D eigenvalue weighted by atomic mass is 79.9. The topological polar surface area (TPSA) is 296 Å². The minimum atomic E-state index is -3.56. The van der Waals surface area contributed by atoms with Crippen LogP contribution in [0.3, 0.4) is 0 Å². The Hall–Kier alpha value is -5.42. The number of benzene rings is 2. The van der Waals surface area contributed by atoms with Gasteiger partial charge in [-0.25, -0.2) is 16.8 Å². The fourth-order valence-corrected chi connectivity index (χ4v) is 9.22. The lowest BCUT2D eigenvalue weighted by molar-refractivity contribution is -0.146. The highest BCUT2D eigenvalue weighted by molar-refractivity contribution is 9.11. The SMILES string of the molecule is Cc1c(COc2nc(OCc3cncc(S(C)(=O)=O)c3)c(CN[C@@](C)(CO)C(=O)O)cc2Br)cccc1-c1cccc(COc2nc(OCc3cncc(S(C)(=O)=O)c3)c(CN[C@@](C)(CO)C(=O)O)cc2Br)c1C.S.S. The fourth-order valence-electron chi connectivity index (χ4n) is 7.02. The number of aliphatic hydroxyl groups is 2. The number of sulfone groups is 2. The first kappa shape index (κ1) is 63.1. The van der Waals surface area contributed by atoms with Crippen LogP contribution < -0.4 is 29.6 Å². The summed E-state index contributed by atoms with van der Waals surface area (Å²) in [5, 5.41) is 44.9. The third kappa shape index (κ3) is 15.8. The van der Waals surface area contributed by atoms with Crippen LogP contribution in [0.1, 0.15) is 58.4 Å². The molecule has 4 heterocycles. The molecule has 6 rings (SSSR count). The van der Waals surface area contributed by atoms with Gasteiger partial charge in [0.1, 0.15) is 37.5 Å². The molecule has 0 amide bonds. The van der Waals surface area contributed by atoms with Crippen molar-refractivity contribution in [1.82, 2.24) is 30.6 Å². The first-order valence-electron chi connectivity index (χ1n) is 22.4. The van der Waals surface area contributed by atoms with E-state index in [0.717, 1.165) is 45.9 Å². The van der Waals surface area contributed by atoms with Gasteiger partial charge in [-0.2, -0.15) is 37.0 Å². The van der Waals surface area contributed by atoms with Gasteiger partial charge in [-0.15, -0.1) is 0 Å². The van der Waals surface area contributed by atoms with Crippen molar-refractivity contribution in [2.24, 2.45) is 0 Å². The van der Waals surface area contributed by atoms with Crippen molar-refractivity contribution >= 4 is 90.5 Å². The molecule has 410 valence electrons. The zero-order valence-corrected chi connectivity index (χ0v) is 48.8. The largest absolute Gasteiger partial charge is 0.480 e. The summed E-state index contributed by atoms with van der Waals surface area (Å²) in [6.07, 6.45) is 7.50. The molecule has 0 unspecified atom stereocenters. The van der Waals surface area contributed by atoms with Gasteiger partial charge in [-0.1, -0.05) is 36.4 Å². The molecule has 20 nitrogen and oxygen atoms in total. The van der Waals surface area contributed by atoms with Crippen LogP contribution in [0.2, 0.25) is 0 Å². The molecule has 0 aliphatic carbocycles. The molecule has 76 heavy (non-hydrogen) atoms. The summed E-state index contributed by atoms with van der Waals surface area (Å²) in [4.78, 5) is 41.2. The summed E-state index contributed by atoms with van der Waals surface area (Å²) >= 11 is 7.07. The van der Waals surface area contributed by atoms with E-state index >= 15 is 0 Å². The zero-order chi connectivity index (χ0) is 54.2. The van der Waals surface area contributed by atoms with E-state index in [9.17, 15) is 46.9 Å². The van der Waals surface area contributed by atoms with E-state index in [0.29, 0.717) is 31.2 Å². The molecular weight excluding hydrogens is 1200 g/mol. The average Bonchev–Trinajstić information content (AvgIpc) is 3.36. The Morgan fingerprint density at radius 2 is 0.921 bits per heavy atom. The maximum absolute atomic E-state index is 12.2. The third-order valence-electron chi connectivity index (χ3n) is 11.9. The fraction of sp³-hybridized carbons (Fsp3) is 0.320. The van der Waals surface area contributed by atoms with Crippen LogP contribution in [0, 0.1) is 13.8 Å². The van der Waals surface area contributed by atoms with E-state index in [1.807, 2.05) is 50.2 Å². The van der Waals surface area contributed by atoms with Crippen molar-refractivity contribution in [3.63, 3.8) is 0 Å². The number of aromatic nitrogens is 4. The average molecular weight is 1260 g/mol. The Bertz CT molecular complexity index is 3090. The van der Waals surface area contributed by atoms with Crippen LogP contribution in [-0.4, -0.2) is 106 Å². The van der Waals surface area contributed by atoms with Gasteiger partial charge in [0.15, 0.2) is 19.7 Å². The number of aliphatic hydroxyl groups excluding tert-OH is 2. The monoisotopic (exact) mass is 1250 g/mol. The molecule has 0 saturated carbocycles. The third-order valence-corrected chi connectivity index (χ3v) is 15.2. The summed E-state index contributed by atoms with van der Waals surface area (Å²) in [6.45, 7) is 4.88. The number of ether oxygens (including phenoxy) is 4. The first-order valence-corrected chi connectivity index (χ1v) is 27.8. The number of nitrogens with zero attached hydrogens (tertiary/aromatic N) is 4. The van der Waals surface area contributed by atoms with Crippen LogP contribution >= 0.6 is 58.9 Å². The molecule has 0 bridgehead atoms. The second kappa shape index (κ2) is 26.8. The predicted octanol–water partition coefficient (Wildman–Crippen LogP) is 6.27. The number of carboxylic acids is 2. The Labute approximate surface area is 471 Å². The lowest BCUT2D eigenvalue weighted by Gasteiger charge is -2.24. The highest BCUT2D eigenvalue weighted by Crippen LogP contribution is 2.35. The molecule has 0 aliphatic rings. The van der Waals surface area contributed by atoms with Gasteiger partial charge in [0.05, 0.1) is 32.0 Å². The molecule has 0 saturated heterocycles. The number of carbonyl (C=O) groups is 2. The maximum atomic E-state index is 12.2. The van der Waals surface area contributed by atoms with E-state index in [2.05, 4.69) is 62.4 Å². The number of aliphatic carboxylic acids is 2. The van der Waals surface area contributed by atoms with Crippen molar-refractivity contribution in [1.29, 1.82) is 0 Å². The molecule has 4 aromatic heterocycles. The molecule has 0 fully saturated rings. The van der Waals surface area contributed by atoms with Gasteiger partial charge in [0.2, 0.25) is 23.5 Å². The Kier molecular flexibility index (Phi) is 22.2. The Morgan fingerprint density at radius 3 is 1.25 bits per heavy atom. The van der Waals surface area contributed by atoms with Gasteiger partial charge in [-0.3, -0.25) is 30.2 Å². The Balaban J connectivity index is 0.00000624. The van der Waals surface area contributed by atoms with Crippen molar-refractivity contribution in [3.05, 3.63) is 139 Å². The molecular formula is C50H58Br2N6O14S4. The van der Waals surface area contributed by atoms with Crippen molar-refractivity contribution in [2.45, 2.75) is 88.1 Å². The molecule has 0 radical (unpaired) electrons. The second-order valence-electron chi connectivity index (χ2n) is 17.7. The summed E-state index contributed by atoms with van der Waals surface area (Å²) in [5.74, 6) is -2.13. The number of hydrogen-bond acceptors (Lipinski definition) is 18. The van der Waals surface area contributed by atoms with Crippen molar-refractivity contribution in [3.8, 4) is 34.6 Å². The summed E-state index contributed by atoms with van der Waals surface area (Å²) < 4.78 is 74.4. The maximum Gasteiger partial charge on any atom is 0.326 e. The normalized spacial score (nSPS) is 13.0. The Morgan fingerprint density at radius 1 is 0.566 bits per heavy atom. The van der Waals surface area contributed by atoms with E-state index in [-0.39, 0.29) is 99.8 Å². The lowest BCUT2D eigenvalue weighted by Crippen LogP contribution is -2.52. The molecule has 0 spiro atoms. The summed E-state index contributed by atoms with van der Waals surface area (Å²) in [7, 11) is -7.12. The van der Waals surface area contributed by atoms with E-state index in [1.165, 1.54) is 50.8 Å². The minimum absolute atomic E-state index is 0.